The zero-order valence-electron chi connectivity index (χ0n) is 13.5. The maximum atomic E-state index is 11.6. The van der Waals surface area contributed by atoms with Crippen LogP contribution in [-0.2, 0) is 10.5 Å². The van der Waals surface area contributed by atoms with Crippen LogP contribution in [0.1, 0.15) is 51.8 Å². The van der Waals surface area contributed by atoms with Crippen LogP contribution in [0.4, 0.5) is 10.5 Å². The van der Waals surface area contributed by atoms with Crippen molar-refractivity contribution in [2.45, 2.75) is 57.8 Å². The fourth-order valence-electron chi connectivity index (χ4n) is 1.84. The molecule has 0 heterocycles. The third kappa shape index (κ3) is 6.29. The Hall–Kier alpha value is -1.36. The molecule has 0 aromatic heterocycles. The third-order valence-corrected chi connectivity index (χ3v) is 4.03. The van der Waals surface area contributed by atoms with E-state index in [9.17, 15) is 4.79 Å². The van der Waals surface area contributed by atoms with Gasteiger partial charge < -0.3 is 15.8 Å². The molecule has 0 spiro atoms. The zero-order chi connectivity index (χ0) is 16.0. The second kappa shape index (κ2) is 8.17. The molecule has 1 atom stereocenters. The van der Waals surface area contributed by atoms with Crippen LogP contribution in [0.2, 0.25) is 0 Å². The summed E-state index contributed by atoms with van der Waals surface area (Å²) in [6, 6.07) is 6.00. The largest absolute Gasteiger partial charge is 0.442 e. The van der Waals surface area contributed by atoms with Gasteiger partial charge in [0.2, 0.25) is 0 Å². The van der Waals surface area contributed by atoms with Crippen molar-refractivity contribution in [1.82, 2.24) is 5.32 Å². The van der Waals surface area contributed by atoms with Gasteiger partial charge in [-0.25, -0.2) is 4.79 Å². The summed E-state index contributed by atoms with van der Waals surface area (Å²) in [5.74, 6) is 0.936. The molecule has 3 N–H and O–H groups in total. The Morgan fingerprint density at radius 3 is 2.48 bits per heavy atom. The van der Waals surface area contributed by atoms with Gasteiger partial charge in [0.1, 0.15) is 6.10 Å². The minimum absolute atomic E-state index is 0.0532. The van der Waals surface area contributed by atoms with E-state index in [4.69, 9.17) is 10.5 Å². The van der Waals surface area contributed by atoms with Crippen LogP contribution in [0.15, 0.2) is 18.2 Å². The number of rotatable bonds is 6. The molecule has 1 amide bonds. The number of benzene rings is 1. The highest BCUT2D eigenvalue weighted by atomic mass is 32.2. The van der Waals surface area contributed by atoms with Gasteiger partial charge in [0.25, 0.3) is 0 Å². The van der Waals surface area contributed by atoms with Gasteiger partial charge in [0.15, 0.2) is 0 Å². The lowest BCUT2D eigenvalue weighted by Gasteiger charge is -2.18. The van der Waals surface area contributed by atoms with Gasteiger partial charge in [-0.05, 0) is 37.7 Å². The van der Waals surface area contributed by atoms with Crippen molar-refractivity contribution in [3.8, 4) is 0 Å². The summed E-state index contributed by atoms with van der Waals surface area (Å²) in [5.41, 5.74) is 8.78. The SMILES string of the molecule is CC(C)NC(=O)OC(C)c1ccc(CSC(C)C)cc1N. The van der Waals surface area contributed by atoms with Crippen LogP contribution in [0, 0.1) is 0 Å². The molecular formula is C16H26N2O2S. The number of amides is 1. The molecule has 1 unspecified atom stereocenters. The van der Waals surface area contributed by atoms with Crippen molar-refractivity contribution in [3.63, 3.8) is 0 Å². The van der Waals surface area contributed by atoms with Crippen molar-refractivity contribution in [2.24, 2.45) is 0 Å². The molecule has 4 nitrogen and oxygen atoms in total. The first kappa shape index (κ1) is 17.7. The van der Waals surface area contributed by atoms with E-state index < -0.39 is 6.09 Å². The molecule has 1 aromatic carbocycles. The first-order valence-electron chi connectivity index (χ1n) is 7.26. The van der Waals surface area contributed by atoms with E-state index in [-0.39, 0.29) is 12.1 Å². The first-order chi connectivity index (χ1) is 9.79. The molecule has 0 saturated carbocycles. The molecule has 0 fully saturated rings. The van der Waals surface area contributed by atoms with Crippen molar-refractivity contribution >= 4 is 23.5 Å². The van der Waals surface area contributed by atoms with Crippen molar-refractivity contribution < 1.29 is 9.53 Å². The normalized spacial score (nSPS) is 12.5. The molecule has 5 heteroatoms. The highest BCUT2D eigenvalue weighted by Crippen LogP contribution is 2.26. The summed E-state index contributed by atoms with van der Waals surface area (Å²) in [5, 5.41) is 3.29. The zero-order valence-corrected chi connectivity index (χ0v) is 14.3. The van der Waals surface area contributed by atoms with E-state index in [2.05, 4.69) is 19.2 Å². The summed E-state index contributed by atoms with van der Waals surface area (Å²) < 4.78 is 5.33. The summed E-state index contributed by atoms with van der Waals surface area (Å²) in [6.45, 7) is 9.95. The number of hydrogen-bond donors (Lipinski definition) is 2. The molecule has 0 bridgehead atoms. The van der Waals surface area contributed by atoms with E-state index in [0.29, 0.717) is 10.9 Å². The van der Waals surface area contributed by atoms with Gasteiger partial charge in [-0.1, -0.05) is 26.0 Å². The van der Waals surface area contributed by atoms with Gasteiger partial charge in [-0.3, -0.25) is 0 Å². The summed E-state index contributed by atoms with van der Waals surface area (Å²) in [6.07, 6.45) is -0.785. The van der Waals surface area contributed by atoms with Crippen molar-refractivity contribution in [3.05, 3.63) is 29.3 Å². The Balaban J connectivity index is 2.68. The number of carbonyl (C=O) groups is 1. The van der Waals surface area contributed by atoms with Crippen molar-refractivity contribution in [2.75, 3.05) is 5.73 Å². The fourth-order valence-corrected chi connectivity index (χ4v) is 2.55. The quantitative estimate of drug-likeness (QED) is 0.776. The number of thioether (sulfide) groups is 1. The third-order valence-electron chi connectivity index (χ3n) is 2.86. The van der Waals surface area contributed by atoms with Gasteiger partial charge in [0.05, 0.1) is 0 Å². The maximum Gasteiger partial charge on any atom is 0.407 e. The van der Waals surface area contributed by atoms with Gasteiger partial charge in [-0.2, -0.15) is 11.8 Å². The summed E-state index contributed by atoms with van der Waals surface area (Å²) >= 11 is 1.87. The number of carbonyl (C=O) groups excluding carboxylic acids is 1. The van der Waals surface area contributed by atoms with Crippen LogP contribution >= 0.6 is 11.8 Å². The van der Waals surface area contributed by atoms with E-state index >= 15 is 0 Å². The van der Waals surface area contributed by atoms with Crippen LogP contribution in [0.5, 0.6) is 0 Å². The Kier molecular flexibility index (Phi) is 6.89. The summed E-state index contributed by atoms with van der Waals surface area (Å²) in [4.78, 5) is 11.6. The lowest BCUT2D eigenvalue weighted by molar-refractivity contribution is 0.105. The maximum absolute atomic E-state index is 11.6. The van der Waals surface area contributed by atoms with E-state index in [1.807, 2.05) is 50.7 Å². The Morgan fingerprint density at radius 2 is 1.95 bits per heavy atom. The average Bonchev–Trinajstić information content (AvgIpc) is 2.34. The summed E-state index contributed by atoms with van der Waals surface area (Å²) in [7, 11) is 0. The first-order valence-corrected chi connectivity index (χ1v) is 8.31. The number of anilines is 1. The van der Waals surface area contributed by atoms with Crippen LogP contribution in [0.3, 0.4) is 0 Å². The predicted octanol–water partition coefficient (Wildman–Crippen LogP) is 4.11. The Morgan fingerprint density at radius 1 is 1.29 bits per heavy atom. The second-order valence-electron chi connectivity index (χ2n) is 5.67. The Bertz CT molecular complexity index is 475. The highest BCUT2D eigenvalue weighted by molar-refractivity contribution is 7.99. The topological polar surface area (TPSA) is 64.3 Å². The molecule has 118 valence electrons. The van der Waals surface area contributed by atoms with Crippen LogP contribution < -0.4 is 11.1 Å². The molecule has 1 aromatic rings. The lowest BCUT2D eigenvalue weighted by atomic mass is 10.1. The lowest BCUT2D eigenvalue weighted by Crippen LogP contribution is -2.31. The van der Waals surface area contributed by atoms with Gasteiger partial charge in [-0.15, -0.1) is 0 Å². The number of nitrogens with one attached hydrogen (secondary N) is 1. The smallest absolute Gasteiger partial charge is 0.407 e. The predicted molar refractivity (Wildman–Crippen MR) is 90.5 cm³/mol. The standard InChI is InChI=1S/C16H26N2O2S/c1-10(2)18-16(19)20-12(5)14-7-6-13(8-15(14)17)9-21-11(3)4/h6-8,10-12H,9,17H2,1-5H3,(H,18,19). The number of hydrogen-bond acceptors (Lipinski definition) is 4. The second-order valence-corrected chi connectivity index (χ2v) is 7.23. The van der Waals surface area contributed by atoms with Gasteiger partial charge in [0, 0.05) is 23.0 Å². The van der Waals surface area contributed by atoms with E-state index in [1.165, 1.54) is 5.56 Å². The fraction of sp³-hybridized carbons (Fsp3) is 0.562. The molecule has 1 rings (SSSR count). The Labute approximate surface area is 131 Å². The van der Waals surface area contributed by atoms with E-state index in [0.717, 1.165) is 11.3 Å². The molecular weight excluding hydrogens is 284 g/mol. The molecule has 0 aliphatic carbocycles. The van der Waals surface area contributed by atoms with Crippen LogP contribution in [0.25, 0.3) is 0 Å². The van der Waals surface area contributed by atoms with Crippen LogP contribution in [-0.4, -0.2) is 17.4 Å². The molecule has 0 aliphatic rings. The molecule has 0 saturated heterocycles. The molecule has 0 aliphatic heterocycles. The number of ether oxygens (including phenoxy) is 1. The molecule has 0 radical (unpaired) electrons. The average molecular weight is 310 g/mol. The van der Waals surface area contributed by atoms with E-state index in [1.54, 1.807) is 0 Å². The van der Waals surface area contributed by atoms with Gasteiger partial charge >= 0.3 is 6.09 Å². The minimum Gasteiger partial charge on any atom is -0.442 e. The number of nitrogen functional groups attached to an aromatic ring is 1. The number of nitrogens with two attached hydrogens (primary N) is 1. The number of alkyl carbamates (subject to hydrolysis) is 1. The minimum atomic E-state index is -0.420. The highest BCUT2D eigenvalue weighted by Gasteiger charge is 2.15. The monoisotopic (exact) mass is 310 g/mol. The van der Waals surface area contributed by atoms with Crippen molar-refractivity contribution in [1.29, 1.82) is 0 Å². The molecule has 21 heavy (non-hydrogen) atoms.